The lowest BCUT2D eigenvalue weighted by atomic mass is 10.0. The number of carboxylic acids is 2. The molecule has 0 aliphatic rings. The van der Waals surface area contributed by atoms with Crippen molar-refractivity contribution in [1.82, 2.24) is 26.6 Å². The minimum absolute atomic E-state index is 0.0316. The minimum Gasteiger partial charge on any atom is -0.508 e. The highest BCUT2D eigenvalue weighted by atomic mass is 16.4. The molecule has 0 heterocycles. The third kappa shape index (κ3) is 13.9. The zero-order valence-corrected chi connectivity index (χ0v) is 28.3. The van der Waals surface area contributed by atoms with Gasteiger partial charge in [0, 0.05) is 12.8 Å². The summed E-state index contributed by atoms with van der Waals surface area (Å²) < 4.78 is 0. The number of aliphatic carboxylic acids is 2. The SMILES string of the molecule is CC(C)C[C@H](NC(=O)[C@H](Cc1ccccc1)NC(=O)[C@H](C)NC(=O)[C@H](C)NC(=O)[C@H](Cc1ccc(O)cc1)NC(=O)[C@@H](N)CC(=O)O)C(=O)O. The van der Waals surface area contributed by atoms with Crippen molar-refractivity contribution in [2.24, 2.45) is 11.7 Å². The number of carbonyl (C=O) groups is 7. The maximum absolute atomic E-state index is 13.2. The Morgan fingerprint density at radius 1 is 0.600 bits per heavy atom. The standard InChI is InChI=1S/C34H46N6O10/c1-18(2)14-27(34(49)50)40-33(48)26(15-21-8-6-5-7-9-21)38-30(45)20(4)36-29(44)19(3)37-32(47)25(16-22-10-12-23(41)13-11-22)39-31(46)24(35)17-28(42)43/h5-13,18-20,24-27,41H,14-17,35H2,1-4H3,(H,36,44)(H,37,47)(H,38,45)(H,39,46)(H,40,48)(H,42,43)(H,49,50)/t19-,20-,24-,25-,26-,27-/m0/s1. The number of amides is 5. The molecule has 50 heavy (non-hydrogen) atoms. The second-order valence-electron chi connectivity index (χ2n) is 12.4. The van der Waals surface area contributed by atoms with Gasteiger partial charge in [0.2, 0.25) is 29.5 Å². The van der Waals surface area contributed by atoms with Crippen molar-refractivity contribution in [1.29, 1.82) is 0 Å². The number of hydrogen-bond acceptors (Lipinski definition) is 9. The smallest absolute Gasteiger partial charge is 0.326 e. The van der Waals surface area contributed by atoms with Crippen molar-refractivity contribution in [3.63, 3.8) is 0 Å². The van der Waals surface area contributed by atoms with E-state index in [1.165, 1.54) is 38.1 Å². The number of rotatable bonds is 19. The van der Waals surface area contributed by atoms with Crippen LogP contribution < -0.4 is 32.3 Å². The maximum atomic E-state index is 13.2. The van der Waals surface area contributed by atoms with Gasteiger partial charge in [-0.1, -0.05) is 56.3 Å². The van der Waals surface area contributed by atoms with Gasteiger partial charge in [-0.25, -0.2) is 4.79 Å². The first-order chi connectivity index (χ1) is 23.5. The summed E-state index contributed by atoms with van der Waals surface area (Å²) in [5.74, 6) is -6.61. The second-order valence-corrected chi connectivity index (χ2v) is 12.4. The van der Waals surface area contributed by atoms with Gasteiger partial charge in [0.1, 0.15) is 36.0 Å². The van der Waals surface area contributed by atoms with Crippen LogP contribution in [0.4, 0.5) is 0 Å². The van der Waals surface area contributed by atoms with E-state index in [9.17, 15) is 43.8 Å². The fraction of sp³-hybridized carbons (Fsp3) is 0.441. The lowest BCUT2D eigenvalue weighted by molar-refractivity contribution is -0.142. The van der Waals surface area contributed by atoms with Gasteiger partial charge in [-0.15, -0.1) is 0 Å². The molecule has 0 radical (unpaired) electrons. The molecule has 2 aromatic carbocycles. The molecule has 16 nitrogen and oxygen atoms in total. The summed E-state index contributed by atoms with van der Waals surface area (Å²) in [6.45, 7) is 6.31. The number of aromatic hydroxyl groups is 1. The Bertz CT molecular complexity index is 1500. The highest BCUT2D eigenvalue weighted by molar-refractivity contribution is 5.96. The molecular formula is C34H46N6O10. The molecule has 272 valence electrons. The van der Waals surface area contributed by atoms with Crippen molar-refractivity contribution in [3.8, 4) is 5.75 Å². The van der Waals surface area contributed by atoms with E-state index in [-0.39, 0.29) is 30.9 Å². The monoisotopic (exact) mass is 698 g/mol. The van der Waals surface area contributed by atoms with Gasteiger partial charge in [0.25, 0.3) is 0 Å². The van der Waals surface area contributed by atoms with Crippen molar-refractivity contribution >= 4 is 41.5 Å². The van der Waals surface area contributed by atoms with Crippen LogP contribution in [0.2, 0.25) is 0 Å². The average molecular weight is 699 g/mol. The van der Waals surface area contributed by atoms with Gasteiger partial charge in [-0.3, -0.25) is 28.8 Å². The first-order valence-electron chi connectivity index (χ1n) is 16.0. The van der Waals surface area contributed by atoms with Crippen LogP contribution in [0.15, 0.2) is 54.6 Å². The Labute approximate surface area is 289 Å². The van der Waals surface area contributed by atoms with E-state index in [1.54, 1.807) is 30.3 Å². The molecule has 0 saturated heterocycles. The number of hydrogen-bond donors (Lipinski definition) is 9. The van der Waals surface area contributed by atoms with E-state index in [2.05, 4.69) is 26.6 Å². The number of nitrogens with two attached hydrogens (primary N) is 1. The van der Waals surface area contributed by atoms with Gasteiger partial charge in [-0.2, -0.15) is 0 Å². The summed E-state index contributed by atoms with van der Waals surface area (Å²) in [7, 11) is 0. The summed E-state index contributed by atoms with van der Waals surface area (Å²) >= 11 is 0. The summed E-state index contributed by atoms with van der Waals surface area (Å²) in [6.07, 6.45) is -0.596. The predicted molar refractivity (Wildman–Crippen MR) is 180 cm³/mol. The molecule has 5 amide bonds. The number of phenols is 1. The van der Waals surface area contributed by atoms with E-state index in [4.69, 9.17) is 10.8 Å². The van der Waals surface area contributed by atoms with E-state index in [0.717, 1.165) is 0 Å². The molecule has 2 aromatic rings. The third-order valence-electron chi connectivity index (χ3n) is 7.48. The van der Waals surface area contributed by atoms with Gasteiger partial charge in [0.05, 0.1) is 12.5 Å². The molecule has 0 saturated carbocycles. The zero-order chi connectivity index (χ0) is 37.5. The zero-order valence-electron chi connectivity index (χ0n) is 28.3. The van der Waals surface area contributed by atoms with E-state index < -0.39 is 84.1 Å². The molecule has 16 heteroatoms. The Morgan fingerprint density at radius 3 is 1.54 bits per heavy atom. The number of phenolic OH excluding ortho intramolecular Hbond substituents is 1. The molecular weight excluding hydrogens is 652 g/mol. The van der Waals surface area contributed by atoms with Crippen LogP contribution >= 0.6 is 0 Å². The molecule has 0 aliphatic carbocycles. The van der Waals surface area contributed by atoms with Crippen LogP contribution in [-0.2, 0) is 46.4 Å². The van der Waals surface area contributed by atoms with Crippen LogP contribution in [-0.4, -0.2) is 93.0 Å². The maximum Gasteiger partial charge on any atom is 0.326 e. The quantitative estimate of drug-likeness (QED) is 0.0909. The fourth-order valence-electron chi connectivity index (χ4n) is 4.74. The third-order valence-corrected chi connectivity index (χ3v) is 7.48. The van der Waals surface area contributed by atoms with Gasteiger partial charge >= 0.3 is 11.9 Å². The predicted octanol–water partition coefficient (Wildman–Crippen LogP) is -0.426. The Balaban J connectivity index is 2.13. The minimum atomic E-state index is -1.46. The van der Waals surface area contributed by atoms with Gasteiger partial charge in [-0.05, 0) is 49.4 Å². The summed E-state index contributed by atoms with van der Waals surface area (Å²) in [5.41, 5.74) is 6.86. The number of nitrogens with one attached hydrogen (secondary N) is 5. The molecule has 10 N–H and O–H groups in total. The van der Waals surface area contributed by atoms with Crippen molar-refractivity contribution in [3.05, 3.63) is 65.7 Å². The highest BCUT2D eigenvalue weighted by Crippen LogP contribution is 2.12. The van der Waals surface area contributed by atoms with Crippen LogP contribution in [0.1, 0.15) is 51.7 Å². The van der Waals surface area contributed by atoms with E-state index in [0.29, 0.717) is 11.1 Å². The Hall–Kier alpha value is -5.51. The van der Waals surface area contributed by atoms with Crippen molar-refractivity contribution in [2.45, 2.75) is 89.6 Å². The van der Waals surface area contributed by atoms with Crippen molar-refractivity contribution in [2.75, 3.05) is 0 Å². The van der Waals surface area contributed by atoms with Crippen LogP contribution in [0.3, 0.4) is 0 Å². The Kier molecular flexibility index (Phi) is 15.8. The fourth-order valence-corrected chi connectivity index (χ4v) is 4.74. The lowest BCUT2D eigenvalue weighted by Crippen LogP contribution is -2.58. The molecule has 0 aromatic heterocycles. The number of carboxylic acid groups (broad SMARTS) is 2. The van der Waals surface area contributed by atoms with Gasteiger partial charge < -0.3 is 47.6 Å². The molecule has 0 unspecified atom stereocenters. The Morgan fingerprint density at radius 2 is 1.04 bits per heavy atom. The van der Waals surface area contributed by atoms with E-state index in [1.807, 2.05) is 13.8 Å². The summed E-state index contributed by atoms with van der Waals surface area (Å²) in [4.78, 5) is 88.1. The first kappa shape index (κ1) is 40.7. The van der Waals surface area contributed by atoms with Crippen LogP contribution in [0, 0.1) is 5.92 Å². The molecule has 2 rings (SSSR count). The van der Waals surface area contributed by atoms with Crippen molar-refractivity contribution < 1.29 is 48.9 Å². The summed E-state index contributed by atoms with van der Waals surface area (Å²) in [5, 5.41) is 40.5. The topological polar surface area (TPSA) is 266 Å². The molecule has 0 fully saturated rings. The highest BCUT2D eigenvalue weighted by Gasteiger charge is 2.31. The first-order valence-corrected chi connectivity index (χ1v) is 16.0. The lowest BCUT2D eigenvalue weighted by Gasteiger charge is -2.25. The average Bonchev–Trinajstić information content (AvgIpc) is 3.04. The molecule has 0 bridgehead atoms. The summed E-state index contributed by atoms with van der Waals surface area (Å²) in [6, 6.07) is 6.92. The van der Waals surface area contributed by atoms with Gasteiger partial charge in [0.15, 0.2) is 0 Å². The van der Waals surface area contributed by atoms with Crippen LogP contribution in [0.25, 0.3) is 0 Å². The number of carbonyl (C=O) groups excluding carboxylic acids is 5. The second kappa shape index (κ2) is 19.5. The molecule has 6 atom stereocenters. The van der Waals surface area contributed by atoms with Crippen LogP contribution in [0.5, 0.6) is 5.75 Å². The molecule has 0 spiro atoms. The molecule has 0 aliphatic heterocycles. The largest absolute Gasteiger partial charge is 0.508 e. The van der Waals surface area contributed by atoms with E-state index >= 15 is 0 Å². The normalized spacial score (nSPS) is 14.5. The number of benzene rings is 2.